The van der Waals surface area contributed by atoms with E-state index in [1.54, 1.807) is 12.1 Å². The number of nitrogens with zero attached hydrogens (tertiary/aromatic N) is 1. The van der Waals surface area contributed by atoms with Crippen LogP contribution in [0.1, 0.15) is 105 Å². The maximum atomic E-state index is 11.2. The highest BCUT2D eigenvalue weighted by Gasteiger charge is 2.16. The molecule has 2 aliphatic rings. The van der Waals surface area contributed by atoms with Crippen LogP contribution in [0.25, 0.3) is 0 Å². The van der Waals surface area contributed by atoms with Crippen molar-refractivity contribution < 1.29 is 9.53 Å². The Morgan fingerprint density at radius 2 is 1.52 bits per heavy atom. The van der Waals surface area contributed by atoms with Crippen LogP contribution in [-0.2, 0) is 12.8 Å². The predicted octanol–water partition coefficient (Wildman–Crippen LogP) is 7.39. The summed E-state index contributed by atoms with van der Waals surface area (Å²) in [5, 5.41) is 0. The smallest absolute Gasteiger partial charge is 0.250 e. The first kappa shape index (κ1) is 23.8. The van der Waals surface area contributed by atoms with Gasteiger partial charge in [0, 0.05) is 12.3 Å². The summed E-state index contributed by atoms with van der Waals surface area (Å²) >= 11 is 0. The number of primary amides is 1. The molecule has 33 heavy (non-hydrogen) atoms. The van der Waals surface area contributed by atoms with Gasteiger partial charge in [-0.1, -0.05) is 76.7 Å². The van der Waals surface area contributed by atoms with Gasteiger partial charge in [0.25, 0.3) is 0 Å². The number of aryl methyl sites for hydroxylation is 2. The summed E-state index contributed by atoms with van der Waals surface area (Å²) in [6, 6.07) is 9.80. The number of pyridine rings is 1. The van der Waals surface area contributed by atoms with Gasteiger partial charge in [0.1, 0.15) is 5.75 Å². The fraction of sp³-hybridized carbons (Fsp3) is 0.586. The lowest BCUT2D eigenvalue weighted by Crippen LogP contribution is -2.10. The van der Waals surface area contributed by atoms with Crippen LogP contribution in [0.4, 0.5) is 0 Å². The van der Waals surface area contributed by atoms with E-state index in [2.05, 4.69) is 17.1 Å². The van der Waals surface area contributed by atoms with E-state index in [1.807, 2.05) is 6.07 Å². The molecule has 178 valence electrons. The van der Waals surface area contributed by atoms with Crippen LogP contribution in [0, 0.1) is 11.8 Å². The number of amides is 1. The molecule has 1 heterocycles. The first-order chi connectivity index (χ1) is 16.2. The van der Waals surface area contributed by atoms with Crippen LogP contribution in [-0.4, -0.2) is 10.9 Å². The second-order valence-corrected chi connectivity index (χ2v) is 10.2. The second-order valence-electron chi connectivity index (χ2n) is 10.2. The van der Waals surface area contributed by atoms with Crippen molar-refractivity contribution in [3.8, 4) is 11.6 Å². The van der Waals surface area contributed by atoms with Crippen molar-refractivity contribution in [1.29, 1.82) is 0 Å². The van der Waals surface area contributed by atoms with Gasteiger partial charge in [0.05, 0.1) is 5.56 Å². The van der Waals surface area contributed by atoms with Gasteiger partial charge in [-0.05, 0) is 66.8 Å². The van der Waals surface area contributed by atoms with Crippen LogP contribution in [0.15, 0.2) is 36.5 Å². The standard InChI is InChI=1S/C29H40N2O2/c30-29(32)26-17-19-28(31-21-26)33-27-18-16-24-14-6-12-23(13-7-15-25(24)20-27)11-5-4-10-22-8-2-1-3-9-22/h16-23H,1-15H2,(H2,30,32). The molecule has 1 unspecified atom stereocenters. The number of fused-ring (bicyclic) bond motifs is 1. The number of ether oxygens (including phenoxy) is 1. The molecule has 0 radical (unpaired) electrons. The molecule has 1 saturated carbocycles. The summed E-state index contributed by atoms with van der Waals surface area (Å²) in [7, 11) is 0. The number of rotatable bonds is 8. The highest BCUT2D eigenvalue weighted by atomic mass is 16.5. The van der Waals surface area contributed by atoms with Crippen molar-refractivity contribution >= 4 is 5.91 Å². The minimum atomic E-state index is -0.478. The van der Waals surface area contributed by atoms with Gasteiger partial charge in [-0.15, -0.1) is 0 Å². The molecule has 2 aliphatic carbocycles. The number of nitrogens with two attached hydrogens (primary N) is 1. The molecule has 4 heteroatoms. The summed E-state index contributed by atoms with van der Waals surface area (Å²) in [5.41, 5.74) is 8.56. The van der Waals surface area contributed by atoms with Crippen molar-refractivity contribution in [1.82, 2.24) is 4.98 Å². The van der Waals surface area contributed by atoms with Crippen molar-refractivity contribution in [3.05, 3.63) is 53.2 Å². The number of hydrogen-bond acceptors (Lipinski definition) is 3. The van der Waals surface area contributed by atoms with Crippen molar-refractivity contribution in [3.63, 3.8) is 0 Å². The van der Waals surface area contributed by atoms with E-state index < -0.39 is 5.91 Å². The third kappa shape index (κ3) is 7.31. The van der Waals surface area contributed by atoms with Crippen LogP contribution >= 0.6 is 0 Å². The average Bonchev–Trinajstić information content (AvgIpc) is 2.93. The molecule has 2 aromatic rings. The van der Waals surface area contributed by atoms with Gasteiger partial charge < -0.3 is 10.5 Å². The third-order valence-corrected chi connectivity index (χ3v) is 7.74. The minimum absolute atomic E-state index is 0.389. The van der Waals surface area contributed by atoms with E-state index >= 15 is 0 Å². The molecule has 4 nitrogen and oxygen atoms in total. The van der Waals surface area contributed by atoms with Crippen LogP contribution in [0.5, 0.6) is 11.6 Å². The predicted molar refractivity (Wildman–Crippen MR) is 134 cm³/mol. The zero-order valence-corrected chi connectivity index (χ0v) is 20.1. The first-order valence-corrected chi connectivity index (χ1v) is 13.2. The van der Waals surface area contributed by atoms with E-state index in [9.17, 15) is 4.79 Å². The number of benzene rings is 1. The van der Waals surface area contributed by atoms with Crippen LogP contribution < -0.4 is 10.5 Å². The molecule has 4 rings (SSSR count). The Kier molecular flexibility index (Phi) is 8.79. The van der Waals surface area contributed by atoms with Gasteiger partial charge in [0.2, 0.25) is 11.8 Å². The molecule has 1 atom stereocenters. The average molecular weight is 449 g/mol. The highest BCUT2D eigenvalue weighted by Crippen LogP contribution is 2.31. The number of hydrogen-bond donors (Lipinski definition) is 1. The molecule has 1 aromatic carbocycles. The number of carbonyl (C=O) groups is 1. The lowest BCUT2D eigenvalue weighted by atomic mass is 9.84. The maximum absolute atomic E-state index is 11.2. The Bertz CT molecular complexity index is 887. The van der Waals surface area contributed by atoms with Crippen molar-refractivity contribution in [2.75, 3.05) is 0 Å². The molecule has 0 aliphatic heterocycles. The van der Waals surface area contributed by atoms with Gasteiger partial charge >= 0.3 is 0 Å². The largest absolute Gasteiger partial charge is 0.439 e. The fourth-order valence-corrected chi connectivity index (χ4v) is 5.79. The summed E-state index contributed by atoms with van der Waals surface area (Å²) in [6.45, 7) is 0. The second kappa shape index (κ2) is 12.2. The van der Waals surface area contributed by atoms with Crippen molar-refractivity contribution in [2.24, 2.45) is 17.6 Å². The molecule has 0 spiro atoms. The minimum Gasteiger partial charge on any atom is -0.439 e. The van der Waals surface area contributed by atoms with E-state index in [1.165, 1.54) is 107 Å². The summed E-state index contributed by atoms with van der Waals surface area (Å²) in [4.78, 5) is 15.4. The number of aromatic nitrogens is 1. The van der Waals surface area contributed by atoms with E-state index in [-0.39, 0.29) is 0 Å². The Balaban J connectivity index is 1.25. The van der Waals surface area contributed by atoms with Gasteiger partial charge in [-0.2, -0.15) is 0 Å². The van der Waals surface area contributed by atoms with E-state index in [0.29, 0.717) is 11.4 Å². The molecule has 1 fully saturated rings. The Morgan fingerprint density at radius 3 is 2.15 bits per heavy atom. The lowest BCUT2D eigenvalue weighted by Gasteiger charge is -2.22. The monoisotopic (exact) mass is 448 g/mol. The van der Waals surface area contributed by atoms with Crippen molar-refractivity contribution in [2.45, 2.75) is 96.3 Å². The number of unbranched alkanes of at least 4 members (excludes halogenated alkanes) is 1. The highest BCUT2D eigenvalue weighted by molar-refractivity contribution is 5.92. The third-order valence-electron chi connectivity index (χ3n) is 7.74. The molecule has 2 N–H and O–H groups in total. The fourth-order valence-electron chi connectivity index (χ4n) is 5.79. The Morgan fingerprint density at radius 1 is 0.848 bits per heavy atom. The Hall–Kier alpha value is -2.36. The van der Waals surface area contributed by atoms with Gasteiger partial charge in [-0.3, -0.25) is 4.79 Å². The van der Waals surface area contributed by atoms with E-state index in [0.717, 1.165) is 24.0 Å². The molecular formula is C29H40N2O2. The summed E-state index contributed by atoms with van der Waals surface area (Å²) < 4.78 is 5.96. The maximum Gasteiger partial charge on any atom is 0.250 e. The first-order valence-electron chi connectivity index (χ1n) is 13.2. The Labute approximate surface area is 199 Å². The zero-order chi connectivity index (χ0) is 22.9. The van der Waals surface area contributed by atoms with E-state index in [4.69, 9.17) is 10.5 Å². The van der Waals surface area contributed by atoms with Crippen LogP contribution in [0.2, 0.25) is 0 Å². The molecule has 0 bridgehead atoms. The summed E-state index contributed by atoms with van der Waals surface area (Å²) in [5.74, 6) is 2.74. The quantitative estimate of drug-likeness (QED) is 0.428. The SMILES string of the molecule is NC(=O)c1ccc(Oc2ccc3c(c2)CCCC(CCCCC2CCCCC2)CCC3)nc1. The van der Waals surface area contributed by atoms with Gasteiger partial charge in [0.15, 0.2) is 0 Å². The van der Waals surface area contributed by atoms with Crippen LogP contribution in [0.3, 0.4) is 0 Å². The normalized spacial score (nSPS) is 19.7. The molecular weight excluding hydrogens is 408 g/mol. The number of carbonyl (C=O) groups excluding carboxylic acids is 1. The lowest BCUT2D eigenvalue weighted by molar-refractivity contribution is 0.1000. The summed E-state index contributed by atoms with van der Waals surface area (Å²) in [6.07, 6.45) is 22.2. The molecule has 1 aromatic heterocycles. The van der Waals surface area contributed by atoms with Gasteiger partial charge in [-0.25, -0.2) is 4.98 Å². The zero-order valence-electron chi connectivity index (χ0n) is 20.1. The molecule has 1 amide bonds. The topological polar surface area (TPSA) is 65.2 Å². The molecule has 0 saturated heterocycles.